The van der Waals surface area contributed by atoms with Crippen LogP contribution >= 0.6 is 0 Å². The van der Waals surface area contributed by atoms with E-state index < -0.39 is 36.7 Å². The van der Waals surface area contributed by atoms with E-state index in [1.807, 2.05) is 36.4 Å². The summed E-state index contributed by atoms with van der Waals surface area (Å²) in [5.41, 5.74) is 0.413. The minimum Gasteiger partial charge on any atom is -0.484 e. The summed E-state index contributed by atoms with van der Waals surface area (Å²) in [5, 5.41) is 12.4. The van der Waals surface area contributed by atoms with Crippen LogP contribution in [0.5, 0.6) is 5.75 Å². The monoisotopic (exact) mass is 409 g/mol. The number of aliphatic hydroxyl groups excluding tert-OH is 1. The van der Waals surface area contributed by atoms with Gasteiger partial charge in [0.15, 0.2) is 12.4 Å². The molecule has 0 saturated carbocycles. The van der Waals surface area contributed by atoms with Gasteiger partial charge in [-0.25, -0.2) is 4.79 Å². The van der Waals surface area contributed by atoms with Crippen molar-refractivity contribution in [3.8, 4) is 5.75 Å². The third-order valence-electron chi connectivity index (χ3n) is 5.16. The number of esters is 1. The van der Waals surface area contributed by atoms with Crippen molar-refractivity contribution in [2.45, 2.75) is 37.6 Å². The summed E-state index contributed by atoms with van der Waals surface area (Å²) in [4.78, 5) is 12.5. The fraction of sp³-hybridized carbons (Fsp3) is 0.292. The second-order valence-electron chi connectivity index (χ2n) is 7.15. The molecule has 1 N–H and O–H groups in total. The molecule has 0 radical (unpaired) electrons. The van der Waals surface area contributed by atoms with Crippen LogP contribution in [0.2, 0.25) is 0 Å². The number of rotatable bonds is 6. The Kier molecular flexibility index (Phi) is 5.61. The molecule has 0 spiro atoms. The fourth-order valence-corrected chi connectivity index (χ4v) is 3.62. The Hall–Kier alpha value is -2.93. The van der Waals surface area contributed by atoms with Gasteiger partial charge in [0.2, 0.25) is 0 Å². The molecule has 0 aromatic heterocycles. The number of hydrogen-bond acceptors (Lipinski definition) is 6. The molecule has 5 atom stereocenters. The minimum absolute atomic E-state index is 0.180. The Morgan fingerprint density at radius 2 is 1.80 bits per heavy atom. The minimum atomic E-state index is -1.13. The van der Waals surface area contributed by atoms with Gasteiger partial charge in [0, 0.05) is 12.5 Å². The summed E-state index contributed by atoms with van der Waals surface area (Å²) in [6.45, 7) is 1.68. The molecule has 0 aliphatic carbocycles. The third-order valence-corrected chi connectivity index (χ3v) is 5.16. The summed E-state index contributed by atoms with van der Waals surface area (Å²) in [6, 6.07) is 19.8. The van der Waals surface area contributed by atoms with Gasteiger partial charge in [-0.1, -0.05) is 54.6 Å². The van der Waals surface area contributed by atoms with Crippen LogP contribution in [0.3, 0.4) is 0 Å². The number of benzene rings is 3. The van der Waals surface area contributed by atoms with Crippen LogP contribution in [-0.4, -0.2) is 48.9 Å². The topological polar surface area (TPSA) is 74.2 Å². The largest absolute Gasteiger partial charge is 0.484 e. The fourth-order valence-electron chi connectivity index (χ4n) is 3.62. The van der Waals surface area contributed by atoms with Crippen LogP contribution < -0.4 is 4.74 Å². The first kappa shape index (κ1) is 19.1. The first-order chi connectivity index (χ1) is 15.0. The Morgan fingerprint density at radius 3 is 2.57 bits per heavy atom. The quantitative estimate of drug-likeness (QED) is 0.628. The molecule has 1 fully saturated rings. The highest BCUT2D eigenvalue weighted by molar-refractivity contribution is 5.89. The standard InChI is InChI=1S/C24H24O6/c1-15(28-23(26)17-10-4-3-5-11-17)21-22(20(25)24(27-2)30-21)29-19-14-8-12-16-9-6-7-13-18(16)19/h3-15,20-22,24-25H,1-2H3/t15?,20-,21-,22+,24?/m1/s1/i14D. The summed E-state index contributed by atoms with van der Waals surface area (Å²) in [5.74, 6) is -0.175. The number of hydrogen-bond donors (Lipinski definition) is 1. The van der Waals surface area contributed by atoms with Gasteiger partial charge in [0.25, 0.3) is 0 Å². The maximum atomic E-state index is 12.5. The molecule has 1 saturated heterocycles. The SMILES string of the molecule is [2H]c1ccc2ccccc2c1O[C@@H]1[C@@H](C(C)OC(=O)c2ccccc2)OC(OC)[C@@H]1O. The molecule has 0 amide bonds. The molecular formula is C24H24O6. The lowest BCUT2D eigenvalue weighted by atomic mass is 10.1. The molecule has 2 unspecified atom stereocenters. The predicted molar refractivity (Wildman–Crippen MR) is 111 cm³/mol. The van der Waals surface area contributed by atoms with Gasteiger partial charge in [-0.3, -0.25) is 0 Å². The zero-order chi connectivity index (χ0) is 22.0. The van der Waals surface area contributed by atoms with Crippen molar-refractivity contribution in [2.24, 2.45) is 0 Å². The zero-order valence-corrected chi connectivity index (χ0v) is 16.7. The van der Waals surface area contributed by atoms with Gasteiger partial charge < -0.3 is 24.1 Å². The van der Waals surface area contributed by atoms with Crippen LogP contribution in [0.15, 0.2) is 72.8 Å². The van der Waals surface area contributed by atoms with E-state index in [1.165, 1.54) is 7.11 Å². The smallest absolute Gasteiger partial charge is 0.338 e. The van der Waals surface area contributed by atoms with E-state index in [0.717, 1.165) is 10.8 Å². The van der Waals surface area contributed by atoms with Gasteiger partial charge in [-0.05, 0) is 30.5 Å². The van der Waals surface area contributed by atoms with Gasteiger partial charge in [0.05, 0.1) is 6.93 Å². The van der Waals surface area contributed by atoms with Gasteiger partial charge in [0.1, 0.15) is 24.1 Å². The lowest BCUT2D eigenvalue weighted by Gasteiger charge is -2.26. The van der Waals surface area contributed by atoms with Crippen molar-refractivity contribution in [1.82, 2.24) is 0 Å². The molecule has 30 heavy (non-hydrogen) atoms. The van der Waals surface area contributed by atoms with E-state index in [-0.39, 0.29) is 6.04 Å². The van der Waals surface area contributed by atoms with Gasteiger partial charge in [-0.2, -0.15) is 0 Å². The predicted octanol–water partition coefficient (Wildman–Crippen LogP) is 3.56. The highest BCUT2D eigenvalue weighted by Gasteiger charge is 2.49. The van der Waals surface area contributed by atoms with E-state index in [4.69, 9.17) is 20.3 Å². The average Bonchev–Trinajstić information content (AvgIpc) is 3.11. The normalized spacial score (nSPS) is 25.0. The van der Waals surface area contributed by atoms with Gasteiger partial charge in [-0.15, -0.1) is 0 Å². The van der Waals surface area contributed by atoms with E-state index in [2.05, 4.69) is 0 Å². The number of carbonyl (C=O) groups is 1. The van der Waals surface area contributed by atoms with E-state index in [0.29, 0.717) is 11.3 Å². The van der Waals surface area contributed by atoms with Crippen molar-refractivity contribution >= 4 is 16.7 Å². The molecule has 3 aromatic carbocycles. The first-order valence-electron chi connectivity index (χ1n) is 10.3. The average molecular weight is 409 g/mol. The lowest BCUT2D eigenvalue weighted by molar-refractivity contribution is -0.162. The molecule has 156 valence electrons. The molecule has 3 aromatic rings. The van der Waals surface area contributed by atoms with E-state index >= 15 is 0 Å². The molecule has 1 aliphatic rings. The Balaban J connectivity index is 1.60. The van der Waals surface area contributed by atoms with E-state index in [1.54, 1.807) is 37.3 Å². The summed E-state index contributed by atoms with van der Waals surface area (Å²) < 4.78 is 31.1. The zero-order valence-electron chi connectivity index (χ0n) is 17.7. The molecule has 1 heterocycles. The summed E-state index contributed by atoms with van der Waals surface area (Å²) >= 11 is 0. The van der Waals surface area contributed by atoms with Crippen LogP contribution in [0.4, 0.5) is 0 Å². The number of methoxy groups -OCH3 is 1. The Bertz CT molecular complexity index is 1060. The number of aliphatic hydroxyl groups is 1. The number of carbonyl (C=O) groups excluding carboxylic acids is 1. The van der Waals surface area contributed by atoms with Crippen LogP contribution in [0.25, 0.3) is 10.8 Å². The lowest BCUT2D eigenvalue weighted by Crippen LogP contribution is -2.43. The number of ether oxygens (including phenoxy) is 4. The van der Waals surface area contributed by atoms with Crippen molar-refractivity contribution in [1.29, 1.82) is 0 Å². The maximum absolute atomic E-state index is 12.5. The maximum Gasteiger partial charge on any atom is 0.338 e. The van der Waals surface area contributed by atoms with Crippen LogP contribution in [0, 0.1) is 0 Å². The van der Waals surface area contributed by atoms with Crippen LogP contribution in [-0.2, 0) is 14.2 Å². The number of fused-ring (bicyclic) bond motifs is 1. The van der Waals surface area contributed by atoms with Crippen molar-refractivity contribution in [3.63, 3.8) is 0 Å². The molecular weight excluding hydrogens is 384 g/mol. The molecule has 6 nitrogen and oxygen atoms in total. The molecule has 1 aliphatic heterocycles. The molecule has 0 bridgehead atoms. The summed E-state index contributed by atoms with van der Waals surface area (Å²) in [6.07, 6.45) is -4.52. The van der Waals surface area contributed by atoms with Gasteiger partial charge >= 0.3 is 5.97 Å². The highest BCUT2D eigenvalue weighted by atomic mass is 16.7. The Morgan fingerprint density at radius 1 is 1.10 bits per heavy atom. The summed E-state index contributed by atoms with van der Waals surface area (Å²) in [7, 11) is 1.42. The highest BCUT2D eigenvalue weighted by Crippen LogP contribution is 2.33. The van der Waals surface area contributed by atoms with Crippen molar-refractivity contribution in [3.05, 3.63) is 78.3 Å². The van der Waals surface area contributed by atoms with Crippen molar-refractivity contribution in [2.75, 3.05) is 7.11 Å². The van der Waals surface area contributed by atoms with Crippen molar-refractivity contribution < 1.29 is 30.2 Å². The molecule has 6 heteroatoms. The van der Waals surface area contributed by atoms with E-state index in [9.17, 15) is 9.90 Å². The molecule has 4 rings (SSSR count). The second-order valence-corrected chi connectivity index (χ2v) is 7.15. The first-order valence-corrected chi connectivity index (χ1v) is 9.77. The van der Waals surface area contributed by atoms with Crippen LogP contribution in [0.1, 0.15) is 18.7 Å². The Labute approximate surface area is 176 Å². The second kappa shape index (κ2) is 8.83. The third kappa shape index (κ3) is 4.03.